The predicted molar refractivity (Wildman–Crippen MR) is 43.6 cm³/mol. The first kappa shape index (κ1) is 12.9. The van der Waals surface area contributed by atoms with Gasteiger partial charge in [0, 0.05) is 0 Å². The fourth-order valence-corrected chi connectivity index (χ4v) is 0.574. The van der Waals surface area contributed by atoms with Crippen LogP contribution in [0.4, 0.5) is 0 Å². The first-order valence-electron chi connectivity index (χ1n) is 3.06. The number of ketones is 2. The first-order valence-corrected chi connectivity index (χ1v) is 3.93. The van der Waals surface area contributed by atoms with E-state index in [1.54, 1.807) is 0 Å². The Hall–Kier alpha value is -1.14. The molecule has 0 bridgehead atoms. The molecule has 8 heteroatoms. The van der Waals surface area contributed by atoms with Crippen LogP contribution in [0.3, 0.4) is 0 Å². The number of alkyl halides is 2. The highest BCUT2D eigenvalue weighted by molar-refractivity contribution is 6.76. The molecular formula is C6H4Cl2O6. The molecule has 0 aliphatic rings. The maximum absolute atomic E-state index is 10.7. The predicted octanol–water partition coefficient (Wildman–Crippen LogP) is -0.398. The summed E-state index contributed by atoms with van der Waals surface area (Å²) in [5, 5.41) is -1.59. The van der Waals surface area contributed by atoms with Crippen LogP contribution in [-0.4, -0.2) is 35.6 Å². The second-order valence-corrected chi connectivity index (χ2v) is 2.83. The number of ether oxygens (including phenoxy) is 2. The van der Waals surface area contributed by atoms with Crippen LogP contribution in [0.1, 0.15) is 0 Å². The fraction of sp³-hybridized carbons (Fsp3) is 0.333. The molecule has 78 valence electrons. The van der Waals surface area contributed by atoms with Gasteiger partial charge >= 0.3 is 23.5 Å². The molecule has 0 unspecified atom stereocenters. The van der Waals surface area contributed by atoms with Crippen LogP contribution in [-0.2, 0) is 28.7 Å². The number of methoxy groups -OCH3 is 1. The van der Waals surface area contributed by atoms with Gasteiger partial charge < -0.3 is 9.47 Å². The van der Waals surface area contributed by atoms with Crippen LogP contribution in [0, 0.1) is 0 Å². The quantitative estimate of drug-likeness (QED) is 0.289. The molecule has 0 saturated carbocycles. The van der Waals surface area contributed by atoms with E-state index in [4.69, 9.17) is 23.2 Å². The molecule has 0 aromatic carbocycles. The summed E-state index contributed by atoms with van der Waals surface area (Å²) in [6.45, 7) is 0. The van der Waals surface area contributed by atoms with Crippen LogP contribution in [0.15, 0.2) is 0 Å². The van der Waals surface area contributed by atoms with Gasteiger partial charge in [0.2, 0.25) is 0 Å². The second-order valence-electron chi connectivity index (χ2n) is 1.82. The van der Waals surface area contributed by atoms with Gasteiger partial charge in [0.15, 0.2) is 0 Å². The van der Waals surface area contributed by atoms with Gasteiger partial charge in [-0.05, 0) is 0 Å². The van der Waals surface area contributed by atoms with E-state index in [1.165, 1.54) is 0 Å². The van der Waals surface area contributed by atoms with Crippen molar-refractivity contribution in [1.82, 2.24) is 0 Å². The lowest BCUT2D eigenvalue weighted by Crippen LogP contribution is -2.33. The van der Waals surface area contributed by atoms with Crippen molar-refractivity contribution in [2.75, 3.05) is 7.11 Å². The van der Waals surface area contributed by atoms with Crippen molar-refractivity contribution in [3.05, 3.63) is 0 Å². The third-order valence-corrected chi connectivity index (χ3v) is 1.14. The van der Waals surface area contributed by atoms with Crippen LogP contribution < -0.4 is 0 Å². The van der Waals surface area contributed by atoms with Crippen LogP contribution >= 0.6 is 23.2 Å². The van der Waals surface area contributed by atoms with E-state index in [2.05, 4.69) is 9.47 Å². The molecular weight excluding hydrogens is 239 g/mol. The molecule has 0 saturated heterocycles. The van der Waals surface area contributed by atoms with Crippen molar-refractivity contribution in [2.24, 2.45) is 0 Å². The van der Waals surface area contributed by atoms with E-state index in [0.29, 0.717) is 0 Å². The molecule has 0 amide bonds. The molecule has 0 heterocycles. The number of rotatable bonds is 4. The monoisotopic (exact) mass is 242 g/mol. The highest BCUT2D eigenvalue weighted by Crippen LogP contribution is 2.03. The number of esters is 2. The maximum atomic E-state index is 10.7. The lowest BCUT2D eigenvalue weighted by molar-refractivity contribution is -0.162. The van der Waals surface area contributed by atoms with Crippen molar-refractivity contribution >= 4 is 46.7 Å². The lowest BCUT2D eigenvalue weighted by atomic mass is 10.2. The molecule has 0 atom stereocenters. The van der Waals surface area contributed by atoms with Gasteiger partial charge in [-0.15, -0.1) is 0 Å². The highest BCUT2D eigenvalue weighted by Gasteiger charge is 2.32. The van der Waals surface area contributed by atoms with E-state index in [-0.39, 0.29) is 0 Å². The van der Waals surface area contributed by atoms with Crippen LogP contribution in [0.25, 0.3) is 0 Å². The Kier molecular flexibility index (Phi) is 5.11. The van der Waals surface area contributed by atoms with Crippen molar-refractivity contribution in [1.29, 1.82) is 0 Å². The number of Topliss-reactive ketones (excluding diaryl/α,β-unsaturated/α-hetero) is 2. The Morgan fingerprint density at radius 3 is 1.79 bits per heavy atom. The third-order valence-electron chi connectivity index (χ3n) is 0.959. The van der Waals surface area contributed by atoms with Crippen molar-refractivity contribution in [2.45, 2.75) is 5.02 Å². The van der Waals surface area contributed by atoms with Crippen molar-refractivity contribution in [3.63, 3.8) is 0 Å². The molecule has 0 fully saturated rings. The Bertz CT molecular complexity index is 284. The van der Waals surface area contributed by atoms with Gasteiger partial charge in [-0.3, -0.25) is 9.59 Å². The number of hydrogen-bond acceptors (Lipinski definition) is 6. The molecule has 0 aromatic heterocycles. The Balaban J connectivity index is 4.40. The summed E-state index contributed by atoms with van der Waals surface area (Å²) < 4.78 is 7.85. The normalized spacial score (nSPS) is 9.43. The molecule has 0 spiro atoms. The largest absolute Gasteiger partial charge is 0.463 e. The minimum Gasteiger partial charge on any atom is -0.463 e. The van der Waals surface area contributed by atoms with Crippen molar-refractivity contribution in [3.8, 4) is 0 Å². The lowest BCUT2D eigenvalue weighted by Gasteiger charge is -2.01. The van der Waals surface area contributed by atoms with Gasteiger partial charge in [-0.1, -0.05) is 23.2 Å². The van der Waals surface area contributed by atoms with E-state index in [9.17, 15) is 19.2 Å². The van der Waals surface area contributed by atoms with E-state index < -0.39 is 28.5 Å². The fourth-order valence-electron chi connectivity index (χ4n) is 0.413. The molecule has 0 aliphatic carbocycles. The SMILES string of the molecule is COC(=O)C(=O)C(=O)C(=O)OC(Cl)Cl. The zero-order chi connectivity index (χ0) is 11.3. The smallest absolute Gasteiger partial charge is 0.385 e. The van der Waals surface area contributed by atoms with Gasteiger partial charge in [0.25, 0.3) is 5.02 Å². The van der Waals surface area contributed by atoms with Crippen LogP contribution in [0.5, 0.6) is 0 Å². The standard InChI is InChI=1S/C6H4Cl2O6/c1-13-4(11)2(9)3(10)5(12)14-6(7)8/h6H,1H3. The van der Waals surface area contributed by atoms with Crippen LogP contribution in [0.2, 0.25) is 0 Å². The summed E-state index contributed by atoms with van der Waals surface area (Å²) >= 11 is 9.96. The minimum absolute atomic E-state index is 0.880. The zero-order valence-electron chi connectivity index (χ0n) is 6.78. The molecule has 0 radical (unpaired) electrons. The summed E-state index contributed by atoms with van der Waals surface area (Å²) in [5.41, 5.74) is 0. The average molecular weight is 243 g/mol. The second kappa shape index (κ2) is 5.56. The van der Waals surface area contributed by atoms with Gasteiger partial charge in [-0.2, -0.15) is 0 Å². The molecule has 0 aliphatic heterocycles. The Labute approximate surface area is 88.0 Å². The van der Waals surface area contributed by atoms with E-state index in [0.717, 1.165) is 7.11 Å². The number of carbonyl (C=O) groups excluding carboxylic acids is 4. The maximum Gasteiger partial charge on any atom is 0.385 e. The minimum atomic E-state index is -1.69. The zero-order valence-corrected chi connectivity index (χ0v) is 8.29. The molecule has 0 N–H and O–H groups in total. The third kappa shape index (κ3) is 3.71. The molecule has 6 nitrogen and oxygen atoms in total. The Morgan fingerprint density at radius 1 is 1.00 bits per heavy atom. The summed E-state index contributed by atoms with van der Waals surface area (Å²) in [4.78, 5) is 42.5. The van der Waals surface area contributed by atoms with Crippen molar-refractivity contribution < 1.29 is 28.7 Å². The number of hydrogen-bond donors (Lipinski definition) is 0. The van der Waals surface area contributed by atoms with Gasteiger partial charge in [-0.25, -0.2) is 9.59 Å². The van der Waals surface area contributed by atoms with E-state index in [1.807, 2.05) is 0 Å². The average Bonchev–Trinajstić information content (AvgIpc) is 2.13. The van der Waals surface area contributed by atoms with E-state index >= 15 is 0 Å². The summed E-state index contributed by atoms with van der Waals surface area (Å²) in [6, 6.07) is 0. The molecule has 14 heavy (non-hydrogen) atoms. The summed E-state index contributed by atoms with van der Waals surface area (Å²) in [6.07, 6.45) is 0. The number of carbonyl (C=O) groups is 4. The van der Waals surface area contributed by atoms with Gasteiger partial charge in [0.05, 0.1) is 7.11 Å². The summed E-state index contributed by atoms with van der Waals surface area (Å²) in [7, 11) is 0.880. The van der Waals surface area contributed by atoms with Gasteiger partial charge in [0.1, 0.15) is 0 Å². The highest BCUT2D eigenvalue weighted by atomic mass is 35.5. The first-order chi connectivity index (χ1) is 6.40. The molecule has 0 rings (SSSR count). The summed E-state index contributed by atoms with van der Waals surface area (Å²) in [5.74, 6) is -6.42. The topological polar surface area (TPSA) is 86.7 Å². The number of halogens is 2. The Morgan fingerprint density at radius 2 is 1.43 bits per heavy atom. The molecule has 0 aromatic rings.